The summed E-state index contributed by atoms with van der Waals surface area (Å²) < 4.78 is 40.0. The van der Waals surface area contributed by atoms with Crippen LogP contribution in [0.5, 0.6) is 0 Å². The standard InChI is InChI=1S/C8H16F3NO/c1-3-4-7(5-12-2)13-6-8(9,10)11/h7,12H,3-6H2,1-2H3. The molecule has 0 aromatic rings. The molecule has 1 N–H and O–H groups in total. The van der Waals surface area contributed by atoms with Gasteiger partial charge in [-0.3, -0.25) is 0 Å². The van der Waals surface area contributed by atoms with Gasteiger partial charge in [0.25, 0.3) is 0 Å². The minimum atomic E-state index is -4.22. The monoisotopic (exact) mass is 199 g/mol. The number of nitrogens with one attached hydrogen (secondary N) is 1. The molecule has 0 radical (unpaired) electrons. The molecule has 0 aromatic carbocycles. The molecule has 0 bridgehead atoms. The Labute approximate surface area is 76.5 Å². The van der Waals surface area contributed by atoms with Crippen molar-refractivity contribution in [1.82, 2.24) is 5.32 Å². The highest BCUT2D eigenvalue weighted by Gasteiger charge is 2.28. The quantitative estimate of drug-likeness (QED) is 0.706. The van der Waals surface area contributed by atoms with Gasteiger partial charge in [0.2, 0.25) is 0 Å². The molecule has 0 aliphatic carbocycles. The second-order valence-electron chi connectivity index (χ2n) is 2.89. The van der Waals surface area contributed by atoms with Crippen molar-refractivity contribution in [2.24, 2.45) is 0 Å². The number of hydrogen-bond donors (Lipinski definition) is 1. The molecular formula is C8H16F3NO. The van der Waals surface area contributed by atoms with E-state index in [1.165, 1.54) is 0 Å². The highest BCUT2D eigenvalue weighted by molar-refractivity contribution is 4.60. The third-order valence-electron chi connectivity index (χ3n) is 1.53. The summed E-state index contributed by atoms with van der Waals surface area (Å²) >= 11 is 0. The van der Waals surface area contributed by atoms with E-state index in [2.05, 4.69) is 5.32 Å². The molecule has 0 aliphatic heterocycles. The van der Waals surface area contributed by atoms with Gasteiger partial charge in [0.1, 0.15) is 6.61 Å². The van der Waals surface area contributed by atoms with Crippen LogP contribution in [-0.2, 0) is 4.74 Å². The molecule has 13 heavy (non-hydrogen) atoms. The number of rotatable bonds is 6. The maximum absolute atomic E-state index is 11.8. The van der Waals surface area contributed by atoms with E-state index < -0.39 is 12.8 Å². The third-order valence-corrected chi connectivity index (χ3v) is 1.53. The number of ether oxygens (including phenoxy) is 1. The topological polar surface area (TPSA) is 21.3 Å². The first-order chi connectivity index (χ1) is 5.99. The Morgan fingerprint density at radius 1 is 1.38 bits per heavy atom. The lowest BCUT2D eigenvalue weighted by atomic mass is 10.2. The second kappa shape index (κ2) is 6.21. The van der Waals surface area contributed by atoms with E-state index in [0.717, 1.165) is 6.42 Å². The van der Waals surface area contributed by atoms with Crippen molar-refractivity contribution in [2.45, 2.75) is 32.0 Å². The van der Waals surface area contributed by atoms with Crippen LogP contribution < -0.4 is 5.32 Å². The molecule has 2 nitrogen and oxygen atoms in total. The molecule has 0 rings (SSSR count). The zero-order valence-electron chi connectivity index (χ0n) is 7.95. The maximum Gasteiger partial charge on any atom is 0.411 e. The van der Waals surface area contributed by atoms with Crippen LogP contribution in [0.25, 0.3) is 0 Å². The van der Waals surface area contributed by atoms with Crippen LogP contribution >= 0.6 is 0 Å². The normalized spacial score (nSPS) is 14.5. The van der Waals surface area contributed by atoms with Crippen LogP contribution in [0.15, 0.2) is 0 Å². The molecule has 0 saturated heterocycles. The predicted molar refractivity (Wildman–Crippen MR) is 44.6 cm³/mol. The lowest BCUT2D eigenvalue weighted by molar-refractivity contribution is -0.185. The van der Waals surface area contributed by atoms with E-state index >= 15 is 0 Å². The molecular weight excluding hydrogens is 183 g/mol. The summed E-state index contributed by atoms with van der Waals surface area (Å²) in [4.78, 5) is 0. The SMILES string of the molecule is CCCC(CNC)OCC(F)(F)F. The van der Waals surface area contributed by atoms with Crippen LogP contribution in [0.2, 0.25) is 0 Å². The van der Waals surface area contributed by atoms with Gasteiger partial charge in [0.15, 0.2) is 0 Å². The molecule has 80 valence electrons. The lowest BCUT2D eigenvalue weighted by Crippen LogP contribution is -2.30. The Balaban J connectivity index is 3.68. The van der Waals surface area contributed by atoms with Crippen molar-refractivity contribution in [3.8, 4) is 0 Å². The number of halogens is 3. The van der Waals surface area contributed by atoms with Gasteiger partial charge in [-0.25, -0.2) is 0 Å². The number of alkyl halides is 3. The van der Waals surface area contributed by atoms with Crippen LogP contribution in [0.1, 0.15) is 19.8 Å². The van der Waals surface area contributed by atoms with E-state index in [0.29, 0.717) is 13.0 Å². The van der Waals surface area contributed by atoms with Gasteiger partial charge < -0.3 is 10.1 Å². The van der Waals surface area contributed by atoms with Gasteiger partial charge in [0.05, 0.1) is 6.10 Å². The van der Waals surface area contributed by atoms with Crippen molar-refractivity contribution in [3.63, 3.8) is 0 Å². The zero-order chi connectivity index (χ0) is 10.3. The highest BCUT2D eigenvalue weighted by Crippen LogP contribution is 2.16. The fraction of sp³-hybridized carbons (Fsp3) is 1.00. The lowest BCUT2D eigenvalue weighted by Gasteiger charge is -2.17. The third kappa shape index (κ3) is 8.05. The van der Waals surface area contributed by atoms with Gasteiger partial charge in [-0.1, -0.05) is 13.3 Å². The first kappa shape index (κ1) is 12.7. The Morgan fingerprint density at radius 3 is 2.38 bits per heavy atom. The Bertz CT molecular complexity index is 121. The van der Waals surface area contributed by atoms with Crippen LogP contribution in [0, 0.1) is 0 Å². The molecule has 0 aliphatic rings. The van der Waals surface area contributed by atoms with Crippen LogP contribution in [0.4, 0.5) is 13.2 Å². The van der Waals surface area contributed by atoms with Gasteiger partial charge >= 0.3 is 6.18 Å². The highest BCUT2D eigenvalue weighted by atomic mass is 19.4. The van der Waals surface area contributed by atoms with E-state index in [9.17, 15) is 13.2 Å². The minimum absolute atomic E-state index is 0.336. The average Bonchev–Trinajstić information content (AvgIpc) is 2.00. The summed E-state index contributed by atoms with van der Waals surface area (Å²) in [6.45, 7) is 1.23. The molecule has 0 aromatic heterocycles. The molecule has 0 spiro atoms. The molecule has 0 heterocycles. The van der Waals surface area contributed by atoms with Crippen molar-refractivity contribution in [2.75, 3.05) is 20.2 Å². The summed E-state index contributed by atoms with van der Waals surface area (Å²) in [5.41, 5.74) is 0. The van der Waals surface area contributed by atoms with Gasteiger partial charge in [-0.2, -0.15) is 13.2 Å². The minimum Gasteiger partial charge on any atom is -0.367 e. The maximum atomic E-state index is 11.8. The molecule has 0 amide bonds. The average molecular weight is 199 g/mol. The number of likely N-dealkylation sites (N-methyl/N-ethyl adjacent to an activating group) is 1. The van der Waals surface area contributed by atoms with Gasteiger partial charge in [-0.05, 0) is 13.5 Å². The summed E-state index contributed by atoms with van der Waals surface area (Å²) in [5, 5.41) is 2.80. The molecule has 5 heteroatoms. The summed E-state index contributed by atoms with van der Waals surface area (Å²) in [7, 11) is 1.69. The molecule has 0 fully saturated rings. The van der Waals surface area contributed by atoms with E-state index in [4.69, 9.17) is 4.74 Å². The smallest absolute Gasteiger partial charge is 0.367 e. The number of hydrogen-bond acceptors (Lipinski definition) is 2. The largest absolute Gasteiger partial charge is 0.411 e. The fourth-order valence-corrected chi connectivity index (χ4v) is 1.01. The van der Waals surface area contributed by atoms with E-state index in [1.54, 1.807) is 7.05 Å². The van der Waals surface area contributed by atoms with Crippen LogP contribution in [-0.4, -0.2) is 32.5 Å². The Hall–Kier alpha value is -0.290. The fourth-order valence-electron chi connectivity index (χ4n) is 1.01. The molecule has 0 saturated carbocycles. The van der Waals surface area contributed by atoms with E-state index in [-0.39, 0.29) is 6.10 Å². The predicted octanol–water partition coefficient (Wildman–Crippen LogP) is 1.95. The van der Waals surface area contributed by atoms with Crippen molar-refractivity contribution in [1.29, 1.82) is 0 Å². The summed E-state index contributed by atoms with van der Waals surface area (Å²) in [6.07, 6.45) is -3.09. The van der Waals surface area contributed by atoms with Crippen molar-refractivity contribution in [3.05, 3.63) is 0 Å². The molecule has 1 unspecified atom stereocenters. The first-order valence-electron chi connectivity index (χ1n) is 4.32. The van der Waals surface area contributed by atoms with Gasteiger partial charge in [-0.15, -0.1) is 0 Å². The summed E-state index contributed by atoms with van der Waals surface area (Å²) in [6, 6.07) is 0. The zero-order valence-corrected chi connectivity index (χ0v) is 7.95. The summed E-state index contributed by atoms with van der Waals surface area (Å²) in [5.74, 6) is 0. The molecule has 1 atom stereocenters. The van der Waals surface area contributed by atoms with E-state index in [1.807, 2.05) is 6.92 Å². The Kier molecular flexibility index (Phi) is 6.07. The van der Waals surface area contributed by atoms with Crippen molar-refractivity contribution < 1.29 is 17.9 Å². The van der Waals surface area contributed by atoms with Crippen LogP contribution in [0.3, 0.4) is 0 Å². The first-order valence-corrected chi connectivity index (χ1v) is 4.32. The van der Waals surface area contributed by atoms with Crippen molar-refractivity contribution >= 4 is 0 Å². The van der Waals surface area contributed by atoms with Gasteiger partial charge in [0, 0.05) is 6.54 Å². The second-order valence-corrected chi connectivity index (χ2v) is 2.89. The Morgan fingerprint density at radius 2 is 2.00 bits per heavy atom.